The van der Waals surface area contributed by atoms with Crippen LogP contribution in [0.25, 0.3) is 0 Å². The first-order valence-electron chi connectivity index (χ1n) is 5.96. The average Bonchev–Trinajstić information content (AvgIpc) is 2.25. The number of urea groups is 1. The molecule has 0 fully saturated rings. The summed E-state index contributed by atoms with van der Waals surface area (Å²) in [5.74, 6) is -0.915. The summed E-state index contributed by atoms with van der Waals surface area (Å²) in [4.78, 5) is 24.2. The van der Waals surface area contributed by atoms with Crippen molar-refractivity contribution in [3.05, 3.63) is 0 Å². The van der Waals surface area contributed by atoms with E-state index in [-0.39, 0.29) is 18.6 Å². The van der Waals surface area contributed by atoms with Crippen LogP contribution in [0, 0.1) is 5.41 Å². The van der Waals surface area contributed by atoms with Gasteiger partial charge in [-0.1, -0.05) is 13.3 Å². The average molecular weight is 244 g/mol. The van der Waals surface area contributed by atoms with Gasteiger partial charge in [-0.3, -0.25) is 4.79 Å². The Bertz CT molecular complexity index is 277. The van der Waals surface area contributed by atoms with Crippen LogP contribution >= 0.6 is 0 Å². The highest BCUT2D eigenvalue weighted by molar-refractivity contribution is 5.77. The van der Waals surface area contributed by atoms with Crippen LogP contribution in [0.4, 0.5) is 4.79 Å². The summed E-state index contributed by atoms with van der Waals surface area (Å²) < 4.78 is 0. The molecule has 0 radical (unpaired) electrons. The van der Waals surface area contributed by atoms with Gasteiger partial charge in [-0.25, -0.2) is 4.79 Å². The Hall–Kier alpha value is -1.26. The number of hydrogen-bond acceptors (Lipinski definition) is 2. The lowest BCUT2D eigenvalue weighted by atomic mass is 9.94. The maximum absolute atomic E-state index is 11.8. The number of rotatable bonds is 6. The largest absolute Gasteiger partial charge is 0.481 e. The summed E-state index contributed by atoms with van der Waals surface area (Å²) in [6, 6.07) is -0.0618. The van der Waals surface area contributed by atoms with Crippen LogP contribution in [0.1, 0.15) is 40.5 Å². The molecule has 0 aliphatic rings. The first-order valence-corrected chi connectivity index (χ1v) is 5.96. The zero-order chi connectivity index (χ0) is 13.6. The molecular weight excluding hydrogens is 220 g/mol. The van der Waals surface area contributed by atoms with E-state index in [1.807, 2.05) is 6.92 Å². The van der Waals surface area contributed by atoms with Crippen molar-refractivity contribution in [3.63, 3.8) is 0 Å². The molecule has 1 unspecified atom stereocenters. The number of aliphatic carboxylic acids is 1. The molecule has 0 aromatic heterocycles. The topological polar surface area (TPSA) is 69.6 Å². The van der Waals surface area contributed by atoms with Crippen LogP contribution in [0.2, 0.25) is 0 Å². The monoisotopic (exact) mass is 244 g/mol. The molecule has 2 N–H and O–H groups in total. The molecule has 5 heteroatoms. The number of hydrogen-bond donors (Lipinski definition) is 2. The summed E-state index contributed by atoms with van der Waals surface area (Å²) in [6.07, 6.45) is 1.95. The van der Waals surface area contributed by atoms with Crippen LogP contribution in [0.5, 0.6) is 0 Å². The number of nitrogens with zero attached hydrogens (tertiary/aromatic N) is 1. The Labute approximate surface area is 103 Å². The number of carbonyl (C=O) groups is 2. The van der Waals surface area contributed by atoms with Crippen LogP contribution < -0.4 is 5.32 Å². The summed E-state index contributed by atoms with van der Waals surface area (Å²) in [5.41, 5.74) is -0.940. The van der Waals surface area contributed by atoms with Gasteiger partial charge in [0, 0.05) is 19.6 Å². The van der Waals surface area contributed by atoms with Crippen LogP contribution in [0.3, 0.4) is 0 Å². The third-order valence-corrected chi connectivity index (χ3v) is 2.95. The van der Waals surface area contributed by atoms with Crippen molar-refractivity contribution >= 4 is 12.0 Å². The lowest BCUT2D eigenvalue weighted by Gasteiger charge is -2.27. The van der Waals surface area contributed by atoms with Gasteiger partial charge in [0.1, 0.15) is 0 Å². The van der Waals surface area contributed by atoms with E-state index in [0.717, 1.165) is 12.8 Å². The Morgan fingerprint density at radius 1 is 1.41 bits per heavy atom. The van der Waals surface area contributed by atoms with Crippen molar-refractivity contribution in [1.29, 1.82) is 0 Å². The Morgan fingerprint density at radius 3 is 2.35 bits per heavy atom. The molecule has 0 bridgehead atoms. The van der Waals surface area contributed by atoms with Crippen LogP contribution in [-0.4, -0.2) is 41.6 Å². The molecular formula is C12H24N2O3. The fraction of sp³-hybridized carbons (Fsp3) is 0.833. The van der Waals surface area contributed by atoms with Gasteiger partial charge in [0.25, 0.3) is 0 Å². The van der Waals surface area contributed by atoms with Crippen molar-refractivity contribution < 1.29 is 14.7 Å². The minimum Gasteiger partial charge on any atom is -0.481 e. The molecule has 1 atom stereocenters. The van der Waals surface area contributed by atoms with Gasteiger partial charge < -0.3 is 15.3 Å². The fourth-order valence-electron chi connectivity index (χ4n) is 1.31. The van der Waals surface area contributed by atoms with Crippen molar-refractivity contribution in [2.75, 3.05) is 13.6 Å². The van der Waals surface area contributed by atoms with E-state index in [2.05, 4.69) is 12.2 Å². The molecule has 0 saturated heterocycles. The molecule has 100 valence electrons. The zero-order valence-corrected chi connectivity index (χ0v) is 11.4. The van der Waals surface area contributed by atoms with Crippen LogP contribution in [0.15, 0.2) is 0 Å². The second kappa shape index (κ2) is 6.47. The molecule has 5 nitrogen and oxygen atoms in total. The number of amides is 2. The molecule has 0 aromatic rings. The third-order valence-electron chi connectivity index (χ3n) is 2.95. The van der Waals surface area contributed by atoms with Gasteiger partial charge in [0.05, 0.1) is 5.41 Å². The zero-order valence-electron chi connectivity index (χ0n) is 11.4. The summed E-state index contributed by atoms with van der Waals surface area (Å²) in [5, 5.41) is 11.6. The standard InChI is InChI=1S/C12H24N2O3/c1-6-7-9(2)14(5)11(17)13-8-12(3,4)10(15)16/h9H,6-8H2,1-5H3,(H,13,17)(H,15,16). The van der Waals surface area contributed by atoms with Gasteiger partial charge in [-0.05, 0) is 27.2 Å². The van der Waals surface area contributed by atoms with Crippen molar-refractivity contribution in [2.24, 2.45) is 5.41 Å². The van der Waals surface area contributed by atoms with Crippen molar-refractivity contribution in [1.82, 2.24) is 10.2 Å². The molecule has 0 aliphatic carbocycles. The number of nitrogens with one attached hydrogen (secondary N) is 1. The second-order valence-electron chi connectivity index (χ2n) is 5.10. The molecule has 0 heterocycles. The lowest BCUT2D eigenvalue weighted by Crippen LogP contribution is -2.46. The highest BCUT2D eigenvalue weighted by atomic mass is 16.4. The van der Waals surface area contributed by atoms with Crippen molar-refractivity contribution in [2.45, 2.75) is 46.6 Å². The van der Waals surface area contributed by atoms with E-state index in [0.29, 0.717) is 0 Å². The summed E-state index contributed by atoms with van der Waals surface area (Å²) in [6.45, 7) is 7.35. The second-order valence-corrected chi connectivity index (χ2v) is 5.10. The maximum Gasteiger partial charge on any atom is 0.317 e. The Kier molecular flexibility index (Phi) is 5.99. The first-order chi connectivity index (χ1) is 7.72. The summed E-state index contributed by atoms with van der Waals surface area (Å²) >= 11 is 0. The van der Waals surface area contributed by atoms with Gasteiger partial charge >= 0.3 is 12.0 Å². The van der Waals surface area contributed by atoms with E-state index >= 15 is 0 Å². The van der Waals surface area contributed by atoms with Gasteiger partial charge in [-0.15, -0.1) is 0 Å². The molecule has 2 amide bonds. The maximum atomic E-state index is 11.8. The Balaban J connectivity index is 4.23. The molecule has 17 heavy (non-hydrogen) atoms. The van der Waals surface area contributed by atoms with E-state index in [1.54, 1.807) is 25.8 Å². The normalized spacial score (nSPS) is 13.0. The van der Waals surface area contributed by atoms with E-state index < -0.39 is 11.4 Å². The fourth-order valence-corrected chi connectivity index (χ4v) is 1.31. The lowest BCUT2D eigenvalue weighted by molar-refractivity contribution is -0.146. The van der Waals surface area contributed by atoms with Crippen LogP contribution in [-0.2, 0) is 4.79 Å². The predicted octanol–water partition coefficient (Wildman–Crippen LogP) is 1.93. The molecule has 0 aromatic carbocycles. The van der Waals surface area contributed by atoms with E-state index in [4.69, 9.17) is 5.11 Å². The smallest absolute Gasteiger partial charge is 0.317 e. The molecule has 0 aliphatic heterocycles. The number of carboxylic acids is 1. The predicted molar refractivity (Wildman–Crippen MR) is 66.9 cm³/mol. The Morgan fingerprint density at radius 2 is 1.94 bits per heavy atom. The highest BCUT2D eigenvalue weighted by Crippen LogP contribution is 2.13. The van der Waals surface area contributed by atoms with Gasteiger partial charge in [0.15, 0.2) is 0 Å². The third kappa shape index (κ3) is 5.06. The van der Waals surface area contributed by atoms with E-state index in [9.17, 15) is 9.59 Å². The molecule has 0 spiro atoms. The minimum absolute atomic E-state index is 0.129. The SMILES string of the molecule is CCCC(C)N(C)C(=O)NCC(C)(C)C(=O)O. The highest BCUT2D eigenvalue weighted by Gasteiger charge is 2.28. The number of carboxylic acid groups (broad SMARTS) is 1. The molecule has 0 rings (SSSR count). The van der Waals surface area contributed by atoms with E-state index in [1.165, 1.54) is 0 Å². The first kappa shape index (κ1) is 15.7. The summed E-state index contributed by atoms with van der Waals surface area (Å²) in [7, 11) is 1.73. The van der Waals surface area contributed by atoms with Gasteiger partial charge in [0.2, 0.25) is 0 Å². The van der Waals surface area contributed by atoms with Gasteiger partial charge in [-0.2, -0.15) is 0 Å². The van der Waals surface area contributed by atoms with Crippen molar-refractivity contribution in [3.8, 4) is 0 Å². The number of carbonyl (C=O) groups excluding carboxylic acids is 1. The quantitative estimate of drug-likeness (QED) is 0.750. The molecule has 0 saturated carbocycles. The minimum atomic E-state index is -0.940.